The second-order valence-corrected chi connectivity index (χ2v) is 6.60. The molecule has 1 aliphatic heterocycles. The highest BCUT2D eigenvalue weighted by Crippen LogP contribution is 2.28. The molecule has 1 amide bonds. The molecule has 0 bridgehead atoms. The Bertz CT molecular complexity index is 768. The average Bonchev–Trinajstić information content (AvgIpc) is 3.13. The number of carboxylic acids is 1. The fraction of sp³-hybridized carbons (Fsp3) is 0.500. The van der Waals surface area contributed by atoms with Crippen molar-refractivity contribution in [2.75, 3.05) is 13.1 Å². The third-order valence-corrected chi connectivity index (χ3v) is 4.91. The van der Waals surface area contributed by atoms with Crippen molar-refractivity contribution in [3.63, 3.8) is 0 Å². The van der Waals surface area contributed by atoms with Crippen molar-refractivity contribution >= 4 is 17.5 Å². The maximum Gasteiger partial charge on any atom is 0.308 e. The molecule has 1 fully saturated rings. The number of fused-ring (bicyclic) bond motifs is 1. The predicted octanol–water partition coefficient (Wildman–Crippen LogP) is 2.14. The lowest BCUT2D eigenvalue weighted by atomic mass is 9.92. The summed E-state index contributed by atoms with van der Waals surface area (Å²) in [4.78, 5) is 30.2. The minimum absolute atomic E-state index is 0.0249. The average molecular weight is 329 g/mol. The van der Waals surface area contributed by atoms with Gasteiger partial charge < -0.3 is 14.4 Å². The number of nitrogens with zero attached hydrogens (tertiary/aromatic N) is 3. The molecule has 0 radical (unpaired) electrons. The molecule has 1 saturated heterocycles. The first-order valence-electron chi connectivity index (χ1n) is 8.43. The normalized spacial score (nSPS) is 20.7. The van der Waals surface area contributed by atoms with Gasteiger partial charge in [0.05, 0.1) is 18.0 Å². The molecule has 1 N–H and O–H groups in total. The monoisotopic (exact) mass is 329 g/mol. The lowest BCUT2D eigenvalue weighted by molar-refractivity contribution is -0.142. The van der Waals surface area contributed by atoms with Crippen LogP contribution >= 0.6 is 0 Å². The summed E-state index contributed by atoms with van der Waals surface area (Å²) in [5, 5.41) is 9.39. The van der Waals surface area contributed by atoms with Crippen LogP contribution in [-0.4, -0.2) is 44.4 Å². The zero-order chi connectivity index (χ0) is 17.3. The number of carbonyl (C=O) groups is 2. The summed E-state index contributed by atoms with van der Waals surface area (Å²) < 4.78 is 1.93. The first-order chi connectivity index (χ1) is 11.5. The van der Waals surface area contributed by atoms with E-state index in [1.54, 1.807) is 11.1 Å². The molecule has 0 unspecified atom stereocenters. The van der Waals surface area contributed by atoms with Gasteiger partial charge in [-0.25, -0.2) is 4.98 Å². The van der Waals surface area contributed by atoms with Crippen LogP contribution in [0.3, 0.4) is 0 Å². The quantitative estimate of drug-likeness (QED) is 0.912. The van der Waals surface area contributed by atoms with Crippen LogP contribution in [0.15, 0.2) is 24.5 Å². The van der Waals surface area contributed by atoms with Crippen LogP contribution in [0, 0.1) is 18.8 Å². The summed E-state index contributed by atoms with van der Waals surface area (Å²) in [5.74, 6) is -1.21. The molecule has 3 rings (SSSR count). The number of imidazole rings is 1. The summed E-state index contributed by atoms with van der Waals surface area (Å²) in [6.07, 6.45) is 5.66. The third-order valence-electron chi connectivity index (χ3n) is 4.91. The van der Waals surface area contributed by atoms with E-state index in [0.29, 0.717) is 13.1 Å². The Balaban J connectivity index is 1.75. The van der Waals surface area contributed by atoms with E-state index < -0.39 is 11.9 Å². The fourth-order valence-corrected chi connectivity index (χ4v) is 3.62. The molecular weight excluding hydrogens is 306 g/mol. The molecule has 3 heterocycles. The van der Waals surface area contributed by atoms with Crippen LogP contribution in [0.25, 0.3) is 5.65 Å². The van der Waals surface area contributed by atoms with Gasteiger partial charge in [-0.15, -0.1) is 0 Å². The topological polar surface area (TPSA) is 74.9 Å². The number of hydrogen-bond donors (Lipinski definition) is 1. The Morgan fingerprint density at radius 1 is 1.38 bits per heavy atom. The van der Waals surface area contributed by atoms with E-state index in [0.717, 1.165) is 29.7 Å². The van der Waals surface area contributed by atoms with Gasteiger partial charge in [-0.05, 0) is 30.9 Å². The summed E-state index contributed by atoms with van der Waals surface area (Å²) in [6.45, 7) is 4.89. The number of aromatic nitrogens is 2. The zero-order valence-electron chi connectivity index (χ0n) is 14.1. The second kappa shape index (κ2) is 6.63. The molecule has 24 heavy (non-hydrogen) atoms. The Morgan fingerprint density at radius 3 is 2.88 bits per heavy atom. The van der Waals surface area contributed by atoms with E-state index in [9.17, 15) is 14.7 Å². The number of carbonyl (C=O) groups excluding carboxylic acids is 1. The fourth-order valence-electron chi connectivity index (χ4n) is 3.62. The van der Waals surface area contributed by atoms with Gasteiger partial charge in [-0.3, -0.25) is 9.59 Å². The number of carboxylic acid groups (broad SMARTS) is 1. The van der Waals surface area contributed by atoms with Crippen LogP contribution in [0.2, 0.25) is 0 Å². The van der Waals surface area contributed by atoms with Crippen molar-refractivity contribution in [2.24, 2.45) is 11.8 Å². The maximum absolute atomic E-state index is 12.7. The van der Waals surface area contributed by atoms with Gasteiger partial charge in [0.2, 0.25) is 5.91 Å². The molecule has 0 aliphatic carbocycles. The highest BCUT2D eigenvalue weighted by molar-refractivity contribution is 5.80. The van der Waals surface area contributed by atoms with E-state index >= 15 is 0 Å². The van der Waals surface area contributed by atoms with E-state index in [4.69, 9.17) is 0 Å². The van der Waals surface area contributed by atoms with Gasteiger partial charge in [0.15, 0.2) is 0 Å². The van der Waals surface area contributed by atoms with E-state index in [-0.39, 0.29) is 18.2 Å². The second-order valence-electron chi connectivity index (χ2n) is 6.60. The van der Waals surface area contributed by atoms with Crippen LogP contribution in [0.4, 0.5) is 0 Å². The Morgan fingerprint density at radius 2 is 2.17 bits per heavy atom. The lowest BCUT2D eigenvalue weighted by Crippen LogP contribution is -2.31. The maximum atomic E-state index is 12.7. The SMILES string of the molecule is CCC[C@@H]1CN(C(=O)Cc2cnc3c(C)cccn23)C[C@H]1C(=O)O. The van der Waals surface area contributed by atoms with Gasteiger partial charge >= 0.3 is 5.97 Å². The van der Waals surface area contributed by atoms with Gasteiger partial charge in [-0.1, -0.05) is 19.4 Å². The Hall–Kier alpha value is -2.37. The van der Waals surface area contributed by atoms with Crippen molar-refractivity contribution < 1.29 is 14.7 Å². The van der Waals surface area contributed by atoms with Gasteiger partial charge in [0.1, 0.15) is 5.65 Å². The number of likely N-dealkylation sites (tertiary alicyclic amines) is 1. The van der Waals surface area contributed by atoms with Gasteiger partial charge in [-0.2, -0.15) is 0 Å². The van der Waals surface area contributed by atoms with E-state index in [1.165, 1.54) is 0 Å². The zero-order valence-corrected chi connectivity index (χ0v) is 14.1. The molecule has 0 saturated carbocycles. The molecule has 0 spiro atoms. The summed E-state index contributed by atoms with van der Waals surface area (Å²) >= 11 is 0. The highest BCUT2D eigenvalue weighted by atomic mass is 16.4. The number of pyridine rings is 1. The van der Waals surface area contributed by atoms with Crippen molar-refractivity contribution in [3.8, 4) is 0 Å². The molecule has 1 aliphatic rings. The van der Waals surface area contributed by atoms with Crippen LogP contribution < -0.4 is 0 Å². The van der Waals surface area contributed by atoms with Crippen LogP contribution in [-0.2, 0) is 16.0 Å². The molecular formula is C18H23N3O3. The molecule has 128 valence electrons. The summed E-state index contributed by atoms with van der Waals surface area (Å²) in [6, 6.07) is 3.92. The van der Waals surface area contributed by atoms with Crippen LogP contribution in [0.5, 0.6) is 0 Å². The smallest absolute Gasteiger partial charge is 0.308 e. The van der Waals surface area contributed by atoms with Crippen molar-refractivity contribution in [2.45, 2.75) is 33.1 Å². The number of aryl methyl sites for hydroxylation is 1. The predicted molar refractivity (Wildman–Crippen MR) is 89.7 cm³/mol. The van der Waals surface area contributed by atoms with E-state index in [1.807, 2.05) is 36.6 Å². The Labute approximate surface area is 141 Å². The first kappa shape index (κ1) is 16.5. The van der Waals surface area contributed by atoms with Gasteiger partial charge in [0, 0.05) is 25.5 Å². The standard InChI is InChI=1S/C18H23N3O3/c1-3-5-13-10-20(11-15(13)18(23)24)16(22)8-14-9-19-17-12(2)6-4-7-21(14)17/h4,6-7,9,13,15H,3,5,8,10-11H2,1-2H3,(H,23,24)/t13-,15-/m1/s1. The number of amides is 1. The molecule has 6 nitrogen and oxygen atoms in total. The molecule has 6 heteroatoms. The van der Waals surface area contributed by atoms with Crippen molar-refractivity contribution in [1.29, 1.82) is 0 Å². The summed E-state index contributed by atoms with van der Waals surface area (Å²) in [7, 11) is 0. The lowest BCUT2D eigenvalue weighted by Gasteiger charge is -2.16. The number of aliphatic carboxylic acids is 1. The van der Waals surface area contributed by atoms with Gasteiger partial charge in [0.25, 0.3) is 0 Å². The van der Waals surface area contributed by atoms with Crippen LogP contribution in [0.1, 0.15) is 31.0 Å². The molecule has 0 aromatic carbocycles. The first-order valence-corrected chi connectivity index (χ1v) is 8.43. The molecule has 2 aromatic rings. The molecule has 2 aromatic heterocycles. The minimum atomic E-state index is -0.797. The van der Waals surface area contributed by atoms with Crippen molar-refractivity contribution in [3.05, 3.63) is 35.8 Å². The van der Waals surface area contributed by atoms with Crippen molar-refractivity contribution in [1.82, 2.24) is 14.3 Å². The molecule has 2 atom stereocenters. The number of hydrogen-bond acceptors (Lipinski definition) is 3. The minimum Gasteiger partial charge on any atom is -0.481 e. The van der Waals surface area contributed by atoms with E-state index in [2.05, 4.69) is 4.98 Å². The Kier molecular flexibility index (Phi) is 4.55. The largest absolute Gasteiger partial charge is 0.481 e. The third kappa shape index (κ3) is 3.00. The highest BCUT2D eigenvalue weighted by Gasteiger charge is 2.38. The summed E-state index contributed by atoms with van der Waals surface area (Å²) in [5.41, 5.74) is 2.75. The number of rotatable bonds is 5.